The molecule has 0 aliphatic rings. The average Bonchev–Trinajstić information content (AvgIpc) is 1.87. The van der Waals surface area contributed by atoms with Crippen molar-refractivity contribution in [2.45, 2.75) is 6.42 Å². The summed E-state index contributed by atoms with van der Waals surface area (Å²) in [5, 5.41) is 6.86. The monoisotopic (exact) mass is 136 g/mol. The Kier molecular flexibility index (Phi) is 5.06. The summed E-state index contributed by atoms with van der Waals surface area (Å²) in [4.78, 5) is 0. The third kappa shape index (κ3) is 6.69. The fourth-order valence-electron chi connectivity index (χ4n) is 0.416. The Labute approximate surface area is 61.3 Å². The van der Waals surface area contributed by atoms with Gasteiger partial charge in [0.2, 0.25) is 0 Å². The van der Waals surface area contributed by atoms with Gasteiger partial charge in [-0.2, -0.15) is 0 Å². The Hall–Kier alpha value is -1.31. The molecule has 0 radical (unpaired) electrons. The van der Waals surface area contributed by atoms with Crippen LogP contribution in [0.25, 0.3) is 0 Å². The number of nitrogens with two attached hydrogens (primary N) is 1. The van der Waals surface area contributed by atoms with Crippen LogP contribution in [0.15, 0.2) is 37.0 Å². The standard InChI is InChI=1S/C8H12N2/c1-2-3-4-5-6-7-8(9)10/h2-6H,1,7H2,(H3,9,10)/b4-3-,6-5-. The van der Waals surface area contributed by atoms with Crippen LogP contribution in [-0.2, 0) is 0 Å². The van der Waals surface area contributed by atoms with Crippen LogP contribution in [0.4, 0.5) is 0 Å². The van der Waals surface area contributed by atoms with Gasteiger partial charge in [0.15, 0.2) is 0 Å². The largest absolute Gasteiger partial charge is 0.387 e. The number of hydrogen-bond donors (Lipinski definition) is 2. The van der Waals surface area contributed by atoms with Gasteiger partial charge in [-0.25, -0.2) is 0 Å². The zero-order valence-electron chi connectivity index (χ0n) is 5.88. The first kappa shape index (κ1) is 8.69. The van der Waals surface area contributed by atoms with Crippen molar-refractivity contribution in [3.8, 4) is 0 Å². The molecule has 0 aromatic heterocycles. The zero-order chi connectivity index (χ0) is 7.82. The molecular formula is C8H12N2. The summed E-state index contributed by atoms with van der Waals surface area (Å²) in [5.74, 6) is 0.184. The highest BCUT2D eigenvalue weighted by atomic mass is 14.7. The predicted molar refractivity (Wildman–Crippen MR) is 45.0 cm³/mol. The lowest BCUT2D eigenvalue weighted by Crippen LogP contribution is -2.06. The Morgan fingerprint density at radius 1 is 1.40 bits per heavy atom. The summed E-state index contributed by atoms with van der Waals surface area (Å²) in [7, 11) is 0. The van der Waals surface area contributed by atoms with E-state index in [-0.39, 0.29) is 5.84 Å². The van der Waals surface area contributed by atoms with Gasteiger partial charge in [-0.05, 0) is 0 Å². The molecule has 2 nitrogen and oxygen atoms in total. The van der Waals surface area contributed by atoms with E-state index in [1.54, 1.807) is 6.08 Å². The van der Waals surface area contributed by atoms with Crippen LogP contribution in [0.1, 0.15) is 6.42 Å². The Morgan fingerprint density at radius 3 is 2.60 bits per heavy atom. The molecule has 0 amide bonds. The second kappa shape index (κ2) is 5.82. The summed E-state index contributed by atoms with van der Waals surface area (Å²) >= 11 is 0. The van der Waals surface area contributed by atoms with Gasteiger partial charge in [-0.1, -0.05) is 37.0 Å². The summed E-state index contributed by atoms with van der Waals surface area (Å²) in [6.45, 7) is 3.51. The molecule has 0 aliphatic heterocycles. The molecule has 0 saturated heterocycles. The van der Waals surface area contributed by atoms with E-state index in [2.05, 4.69) is 6.58 Å². The molecule has 10 heavy (non-hydrogen) atoms. The maximum atomic E-state index is 6.86. The van der Waals surface area contributed by atoms with Gasteiger partial charge in [0, 0.05) is 6.42 Å². The van der Waals surface area contributed by atoms with Crippen LogP contribution in [0, 0.1) is 5.41 Å². The van der Waals surface area contributed by atoms with Crippen LogP contribution in [0.2, 0.25) is 0 Å². The minimum Gasteiger partial charge on any atom is -0.387 e. The van der Waals surface area contributed by atoms with E-state index < -0.39 is 0 Å². The number of hydrogen-bond acceptors (Lipinski definition) is 1. The minimum atomic E-state index is 0.184. The summed E-state index contributed by atoms with van der Waals surface area (Å²) in [6, 6.07) is 0. The molecule has 0 aromatic rings. The normalized spacial score (nSPS) is 10.8. The molecule has 0 aromatic carbocycles. The van der Waals surface area contributed by atoms with E-state index in [0.717, 1.165) is 0 Å². The van der Waals surface area contributed by atoms with Crippen molar-refractivity contribution in [1.29, 1.82) is 5.41 Å². The second-order valence-corrected chi connectivity index (χ2v) is 1.78. The van der Waals surface area contributed by atoms with Crippen LogP contribution in [0.5, 0.6) is 0 Å². The van der Waals surface area contributed by atoms with Crippen LogP contribution < -0.4 is 5.73 Å². The third-order valence-corrected chi connectivity index (χ3v) is 0.832. The van der Waals surface area contributed by atoms with Crippen molar-refractivity contribution in [3.05, 3.63) is 37.0 Å². The highest BCUT2D eigenvalue weighted by Crippen LogP contribution is 1.82. The quantitative estimate of drug-likeness (QED) is 0.344. The van der Waals surface area contributed by atoms with Crippen LogP contribution in [-0.4, -0.2) is 5.84 Å². The molecule has 2 heteroatoms. The van der Waals surface area contributed by atoms with Gasteiger partial charge in [-0.15, -0.1) is 0 Å². The molecule has 0 bridgehead atoms. The van der Waals surface area contributed by atoms with E-state index >= 15 is 0 Å². The van der Waals surface area contributed by atoms with Crippen molar-refractivity contribution in [3.63, 3.8) is 0 Å². The number of allylic oxidation sites excluding steroid dienone is 4. The number of amidine groups is 1. The van der Waals surface area contributed by atoms with Gasteiger partial charge in [0.1, 0.15) is 0 Å². The van der Waals surface area contributed by atoms with E-state index in [1.807, 2.05) is 24.3 Å². The highest BCUT2D eigenvalue weighted by molar-refractivity contribution is 5.78. The molecule has 0 heterocycles. The van der Waals surface area contributed by atoms with Gasteiger partial charge >= 0.3 is 0 Å². The molecule has 3 N–H and O–H groups in total. The first-order valence-electron chi connectivity index (χ1n) is 3.04. The molecule has 0 unspecified atom stereocenters. The van der Waals surface area contributed by atoms with Crippen molar-refractivity contribution >= 4 is 5.84 Å². The molecule has 0 atom stereocenters. The lowest BCUT2D eigenvalue weighted by molar-refractivity contribution is 1.32. The van der Waals surface area contributed by atoms with E-state index in [4.69, 9.17) is 11.1 Å². The van der Waals surface area contributed by atoms with Crippen molar-refractivity contribution in [2.75, 3.05) is 0 Å². The first-order chi connectivity index (χ1) is 4.77. The summed E-state index contributed by atoms with van der Waals surface area (Å²) in [6.07, 6.45) is 9.53. The van der Waals surface area contributed by atoms with E-state index in [0.29, 0.717) is 6.42 Å². The Balaban J connectivity index is 3.46. The summed E-state index contributed by atoms with van der Waals surface area (Å²) in [5.41, 5.74) is 5.09. The maximum Gasteiger partial charge on any atom is 0.0943 e. The fourth-order valence-corrected chi connectivity index (χ4v) is 0.416. The van der Waals surface area contributed by atoms with E-state index in [1.165, 1.54) is 0 Å². The SMILES string of the molecule is C=C/C=C\C=C/CC(=N)N. The maximum absolute atomic E-state index is 6.86. The van der Waals surface area contributed by atoms with Crippen LogP contribution in [0.3, 0.4) is 0 Å². The van der Waals surface area contributed by atoms with Gasteiger partial charge in [-0.3, -0.25) is 5.41 Å². The van der Waals surface area contributed by atoms with E-state index in [9.17, 15) is 0 Å². The van der Waals surface area contributed by atoms with Gasteiger partial charge < -0.3 is 5.73 Å². The molecule has 0 saturated carbocycles. The highest BCUT2D eigenvalue weighted by Gasteiger charge is 1.77. The fraction of sp³-hybridized carbons (Fsp3) is 0.125. The van der Waals surface area contributed by atoms with Gasteiger partial charge in [0.05, 0.1) is 5.84 Å². The molecule has 0 fully saturated rings. The zero-order valence-corrected chi connectivity index (χ0v) is 5.88. The van der Waals surface area contributed by atoms with Crippen molar-refractivity contribution in [1.82, 2.24) is 0 Å². The van der Waals surface area contributed by atoms with Crippen molar-refractivity contribution < 1.29 is 0 Å². The summed E-state index contributed by atoms with van der Waals surface area (Å²) < 4.78 is 0. The topological polar surface area (TPSA) is 49.9 Å². The lowest BCUT2D eigenvalue weighted by Gasteiger charge is -1.84. The molecular weight excluding hydrogens is 124 g/mol. The van der Waals surface area contributed by atoms with Crippen molar-refractivity contribution in [2.24, 2.45) is 5.73 Å². The number of rotatable bonds is 4. The third-order valence-electron chi connectivity index (χ3n) is 0.832. The smallest absolute Gasteiger partial charge is 0.0943 e. The average molecular weight is 136 g/mol. The predicted octanol–water partition coefficient (Wildman–Crippen LogP) is 1.61. The lowest BCUT2D eigenvalue weighted by atomic mass is 10.3. The Bertz CT molecular complexity index is 166. The number of nitrogens with one attached hydrogen (secondary N) is 1. The van der Waals surface area contributed by atoms with Gasteiger partial charge in [0.25, 0.3) is 0 Å². The molecule has 54 valence electrons. The molecule has 0 rings (SSSR count). The Morgan fingerprint density at radius 2 is 2.10 bits per heavy atom. The molecule has 0 aliphatic carbocycles. The van der Waals surface area contributed by atoms with Crippen LogP contribution >= 0.6 is 0 Å². The molecule has 0 spiro atoms. The first-order valence-corrected chi connectivity index (χ1v) is 3.04. The second-order valence-electron chi connectivity index (χ2n) is 1.78. The minimum absolute atomic E-state index is 0.184.